The fourth-order valence-corrected chi connectivity index (χ4v) is 7.35. The van der Waals surface area contributed by atoms with Crippen LogP contribution in [0.25, 0.3) is 11.1 Å². The number of benzene rings is 2. The number of ether oxygens (including phenoxy) is 1. The molecule has 1 amide bonds. The van der Waals surface area contributed by atoms with Gasteiger partial charge in [-0.25, -0.2) is 16.8 Å². The molecule has 0 unspecified atom stereocenters. The first-order valence-electron chi connectivity index (χ1n) is 11.6. The van der Waals surface area contributed by atoms with E-state index < -0.39 is 65.0 Å². The predicted octanol–water partition coefficient (Wildman–Crippen LogP) is 3.52. The van der Waals surface area contributed by atoms with Gasteiger partial charge in [0.05, 0.1) is 38.7 Å². The van der Waals surface area contributed by atoms with Gasteiger partial charge in [-0.2, -0.15) is 18.4 Å². The highest BCUT2D eigenvalue weighted by atomic mass is 32.2. The monoisotopic (exact) mass is 570 g/mol. The molecule has 3 atom stereocenters. The molecule has 0 radical (unpaired) electrons. The Morgan fingerprint density at radius 2 is 1.66 bits per heavy atom. The van der Waals surface area contributed by atoms with Gasteiger partial charge in [0, 0.05) is 13.4 Å². The van der Waals surface area contributed by atoms with Gasteiger partial charge in [-0.3, -0.25) is 4.79 Å². The minimum absolute atomic E-state index is 0.00797. The van der Waals surface area contributed by atoms with Gasteiger partial charge < -0.3 is 10.1 Å². The van der Waals surface area contributed by atoms with Crippen molar-refractivity contribution >= 4 is 25.6 Å². The fraction of sp³-hybridized carbons (Fsp3) is 0.440. The third-order valence-corrected chi connectivity index (χ3v) is 10.4. The number of carbonyl (C=O) groups excluding carboxylic acids is 1. The van der Waals surface area contributed by atoms with Gasteiger partial charge in [-0.05, 0) is 61.1 Å². The molecule has 13 heteroatoms. The van der Waals surface area contributed by atoms with E-state index >= 15 is 0 Å². The van der Waals surface area contributed by atoms with E-state index in [2.05, 4.69) is 5.32 Å². The van der Waals surface area contributed by atoms with Crippen LogP contribution in [-0.4, -0.2) is 53.0 Å². The molecule has 0 spiro atoms. The van der Waals surface area contributed by atoms with E-state index in [1.54, 1.807) is 0 Å². The van der Waals surface area contributed by atoms with E-state index in [9.17, 15) is 40.1 Å². The highest BCUT2D eigenvalue weighted by molar-refractivity contribution is 7.92. The molecule has 0 aliphatic heterocycles. The van der Waals surface area contributed by atoms with Gasteiger partial charge in [-0.1, -0.05) is 18.2 Å². The van der Waals surface area contributed by atoms with Crippen molar-refractivity contribution in [1.82, 2.24) is 5.32 Å². The van der Waals surface area contributed by atoms with Gasteiger partial charge in [0.25, 0.3) is 0 Å². The Kier molecular flexibility index (Phi) is 7.14. The molecule has 2 aliphatic rings. The number of hydrogen-bond acceptors (Lipinski definition) is 7. The first-order valence-corrected chi connectivity index (χ1v) is 15.1. The van der Waals surface area contributed by atoms with Gasteiger partial charge in [0.1, 0.15) is 5.54 Å². The normalized spacial score (nSPS) is 23.0. The quantitative estimate of drug-likeness (QED) is 0.539. The fourth-order valence-electron chi connectivity index (χ4n) is 4.72. The second kappa shape index (κ2) is 9.66. The molecule has 4 rings (SSSR count). The SMILES string of the molecule is CO[C@H]1C[C@@H](S(=O)(=O)c2ccc(-c3ccc(S(C)(=O)=O)cc3)cc2C(F)(F)F)C[C@@H]1C(=O)NC1(C#N)CC1. The van der Waals surface area contributed by atoms with Gasteiger partial charge >= 0.3 is 6.18 Å². The number of carbonyl (C=O) groups is 1. The molecule has 0 saturated heterocycles. The van der Waals surface area contributed by atoms with Crippen molar-refractivity contribution in [2.45, 2.75) is 58.5 Å². The van der Waals surface area contributed by atoms with Gasteiger partial charge in [0.2, 0.25) is 5.91 Å². The standard InChI is InChI=1S/C25H25F3N2O6S2/c1-36-21-13-18(12-19(21)23(31)30-24(14-29)9-10-24)38(34,35)22-8-5-16(11-20(22)25(26,27)28)15-3-6-17(7-4-15)37(2,32)33/h3-8,11,18-19,21H,9-10,12-13H2,1-2H3,(H,30,31)/t18-,19-,21-/m0/s1. The first kappa shape index (κ1) is 28.1. The number of nitriles is 1. The van der Waals surface area contributed by atoms with Crippen molar-refractivity contribution in [2.75, 3.05) is 13.4 Å². The minimum Gasteiger partial charge on any atom is -0.381 e. The maximum absolute atomic E-state index is 14.1. The van der Waals surface area contributed by atoms with Crippen LogP contribution in [0.1, 0.15) is 31.2 Å². The summed E-state index contributed by atoms with van der Waals surface area (Å²) in [6.45, 7) is 0. The summed E-state index contributed by atoms with van der Waals surface area (Å²) in [4.78, 5) is 11.9. The van der Waals surface area contributed by atoms with E-state index in [-0.39, 0.29) is 28.9 Å². The first-order chi connectivity index (χ1) is 17.6. The van der Waals surface area contributed by atoms with Crippen LogP contribution >= 0.6 is 0 Å². The van der Waals surface area contributed by atoms with Crippen LogP contribution in [-0.2, 0) is 35.4 Å². The number of methoxy groups -OCH3 is 1. The van der Waals surface area contributed by atoms with Crippen LogP contribution in [0.5, 0.6) is 0 Å². The Morgan fingerprint density at radius 3 is 2.16 bits per heavy atom. The molecule has 1 N–H and O–H groups in total. The van der Waals surface area contributed by atoms with Crippen LogP contribution in [0, 0.1) is 17.2 Å². The van der Waals surface area contributed by atoms with E-state index in [1.165, 1.54) is 37.4 Å². The van der Waals surface area contributed by atoms with Crippen LogP contribution in [0.15, 0.2) is 52.3 Å². The number of alkyl halides is 3. The van der Waals surface area contributed by atoms with Crippen molar-refractivity contribution < 1.29 is 39.5 Å². The Bertz CT molecular complexity index is 1510. The van der Waals surface area contributed by atoms with Crippen LogP contribution in [0.3, 0.4) is 0 Å². The van der Waals surface area contributed by atoms with Crippen molar-refractivity contribution in [3.05, 3.63) is 48.0 Å². The minimum atomic E-state index is -5.01. The molecule has 38 heavy (non-hydrogen) atoms. The number of sulfone groups is 2. The smallest absolute Gasteiger partial charge is 0.381 e. The topological polar surface area (TPSA) is 130 Å². The molecule has 2 fully saturated rings. The third kappa shape index (κ3) is 5.43. The van der Waals surface area contributed by atoms with Crippen LogP contribution in [0.4, 0.5) is 13.2 Å². The lowest BCUT2D eigenvalue weighted by atomic mass is 10.0. The molecule has 2 aromatic rings. The van der Waals surface area contributed by atoms with E-state index in [1.807, 2.05) is 6.07 Å². The second-order valence-corrected chi connectivity index (χ2v) is 13.9. The van der Waals surface area contributed by atoms with Gasteiger partial charge in [-0.15, -0.1) is 0 Å². The summed E-state index contributed by atoms with van der Waals surface area (Å²) in [5, 5.41) is 10.5. The maximum Gasteiger partial charge on any atom is 0.417 e. The summed E-state index contributed by atoms with van der Waals surface area (Å²) in [7, 11) is -6.76. The molecule has 2 aromatic carbocycles. The molecule has 2 aliphatic carbocycles. The number of nitrogens with zero attached hydrogens (tertiary/aromatic N) is 1. The van der Waals surface area contributed by atoms with Crippen LogP contribution < -0.4 is 5.32 Å². The molecule has 0 heterocycles. The Morgan fingerprint density at radius 1 is 1.05 bits per heavy atom. The summed E-state index contributed by atoms with van der Waals surface area (Å²) in [5.41, 5.74) is -2.01. The summed E-state index contributed by atoms with van der Waals surface area (Å²) >= 11 is 0. The van der Waals surface area contributed by atoms with E-state index in [0.29, 0.717) is 12.8 Å². The second-order valence-electron chi connectivity index (χ2n) is 9.71. The largest absolute Gasteiger partial charge is 0.417 e. The Labute approximate surface area is 218 Å². The van der Waals surface area contributed by atoms with Crippen molar-refractivity contribution in [3.8, 4) is 17.2 Å². The molecule has 204 valence electrons. The average molecular weight is 571 g/mol. The average Bonchev–Trinajstić information content (AvgIpc) is 3.48. The zero-order valence-corrected chi connectivity index (χ0v) is 22.1. The number of amides is 1. The highest BCUT2D eigenvalue weighted by Crippen LogP contribution is 2.43. The Hall–Kier alpha value is -2.95. The number of halogens is 3. The number of rotatable bonds is 7. The summed E-state index contributed by atoms with van der Waals surface area (Å²) < 4.78 is 97.9. The lowest BCUT2D eigenvalue weighted by molar-refractivity contribution is -0.139. The molecule has 0 bridgehead atoms. The summed E-state index contributed by atoms with van der Waals surface area (Å²) in [6, 6.07) is 10.1. The zero-order chi connectivity index (χ0) is 28.1. The van der Waals surface area contributed by atoms with E-state index in [4.69, 9.17) is 4.74 Å². The molecule has 8 nitrogen and oxygen atoms in total. The number of nitrogens with one attached hydrogen (secondary N) is 1. The lowest BCUT2D eigenvalue weighted by Gasteiger charge is -2.19. The molecular formula is C25H25F3N2O6S2. The van der Waals surface area contributed by atoms with E-state index in [0.717, 1.165) is 18.4 Å². The predicted molar refractivity (Wildman–Crippen MR) is 130 cm³/mol. The van der Waals surface area contributed by atoms with Gasteiger partial charge in [0.15, 0.2) is 19.7 Å². The summed E-state index contributed by atoms with van der Waals surface area (Å²) in [6.07, 6.45) is -4.33. The summed E-state index contributed by atoms with van der Waals surface area (Å²) in [5.74, 6) is -1.50. The van der Waals surface area contributed by atoms with Crippen molar-refractivity contribution in [3.63, 3.8) is 0 Å². The van der Waals surface area contributed by atoms with Crippen molar-refractivity contribution in [2.24, 2.45) is 5.92 Å². The third-order valence-electron chi connectivity index (χ3n) is 7.07. The van der Waals surface area contributed by atoms with Crippen LogP contribution in [0.2, 0.25) is 0 Å². The lowest BCUT2D eigenvalue weighted by Crippen LogP contribution is -2.42. The van der Waals surface area contributed by atoms with Crippen molar-refractivity contribution in [1.29, 1.82) is 5.26 Å². The zero-order valence-electron chi connectivity index (χ0n) is 20.4. The molecular weight excluding hydrogens is 545 g/mol. The Balaban J connectivity index is 1.66. The maximum atomic E-state index is 14.1. The highest BCUT2D eigenvalue weighted by Gasteiger charge is 2.51. The molecule has 0 aromatic heterocycles. The molecule has 2 saturated carbocycles. The number of hydrogen-bond donors (Lipinski definition) is 1.